The summed E-state index contributed by atoms with van der Waals surface area (Å²) < 4.78 is 29.2. The Balaban J connectivity index is 1.70. The van der Waals surface area contributed by atoms with Crippen LogP contribution in [0.1, 0.15) is 49.8 Å². The number of rotatable bonds is 5. The first-order valence-corrected chi connectivity index (χ1v) is 12.3. The number of ether oxygens (including phenoxy) is 1. The van der Waals surface area contributed by atoms with Gasteiger partial charge in [-0.2, -0.15) is 0 Å². The zero-order valence-corrected chi connectivity index (χ0v) is 21.1. The van der Waals surface area contributed by atoms with Gasteiger partial charge in [-0.1, -0.05) is 10.4 Å². The Labute approximate surface area is 212 Å². The summed E-state index contributed by atoms with van der Waals surface area (Å²) in [5.41, 5.74) is 4.85. The molecular weight excluding hydrogens is 477 g/mol. The molecule has 1 unspecified atom stereocenters. The molecule has 10 nitrogen and oxygen atoms in total. The highest BCUT2D eigenvalue weighted by Crippen LogP contribution is 2.43. The Morgan fingerprint density at radius 3 is 2.59 bits per heavy atom. The van der Waals surface area contributed by atoms with E-state index < -0.39 is 11.4 Å². The van der Waals surface area contributed by atoms with Crippen molar-refractivity contribution in [3.8, 4) is 11.3 Å². The number of pyridine rings is 2. The number of aryl methyl sites for hydroxylation is 2. The van der Waals surface area contributed by atoms with Crippen molar-refractivity contribution in [1.29, 1.82) is 0 Å². The molecule has 0 aliphatic carbocycles. The monoisotopic (exact) mass is 505 g/mol. The fraction of sp³-hybridized carbons (Fsp3) is 0.423. The largest absolute Gasteiger partial charge is 0.384 e. The van der Waals surface area contributed by atoms with E-state index >= 15 is 0 Å². The van der Waals surface area contributed by atoms with Crippen molar-refractivity contribution in [2.75, 3.05) is 13.2 Å². The van der Waals surface area contributed by atoms with Crippen LogP contribution in [-0.2, 0) is 17.4 Å². The number of aromatic nitrogens is 7. The quantitative estimate of drug-likeness (QED) is 0.380. The fourth-order valence-electron chi connectivity index (χ4n) is 5.45. The van der Waals surface area contributed by atoms with Gasteiger partial charge in [0.2, 0.25) is 5.58 Å². The minimum Gasteiger partial charge on any atom is -0.384 e. The van der Waals surface area contributed by atoms with Crippen LogP contribution in [-0.4, -0.2) is 53.0 Å². The maximum Gasteiger partial charge on any atom is 0.211 e. The lowest BCUT2D eigenvalue weighted by Crippen LogP contribution is -2.28. The fourth-order valence-corrected chi connectivity index (χ4v) is 5.45. The molecule has 0 aromatic carbocycles. The Kier molecular flexibility index (Phi) is 5.57. The molecule has 0 saturated carbocycles. The SMILES string of the molecule is Cc1nnn(C)c1-c1cnc2c3onc(C(C)(C)O)c3n(C(c3ccc(F)cn3)C3CCOCC3)c2c1. The zero-order chi connectivity index (χ0) is 25.9. The molecule has 1 aliphatic heterocycles. The maximum atomic E-state index is 13.9. The Bertz CT molecular complexity index is 1570. The van der Waals surface area contributed by atoms with Crippen molar-refractivity contribution in [1.82, 2.24) is 34.7 Å². The molecule has 0 bridgehead atoms. The summed E-state index contributed by atoms with van der Waals surface area (Å²) in [5.74, 6) is -0.263. The first-order valence-electron chi connectivity index (χ1n) is 12.3. The molecule has 5 aromatic rings. The smallest absolute Gasteiger partial charge is 0.211 e. The van der Waals surface area contributed by atoms with Crippen LogP contribution in [0.2, 0.25) is 0 Å². The van der Waals surface area contributed by atoms with Crippen molar-refractivity contribution in [2.45, 2.75) is 45.3 Å². The van der Waals surface area contributed by atoms with Gasteiger partial charge in [-0.05, 0) is 57.7 Å². The molecular formula is C26H28FN7O3. The number of fused-ring (bicyclic) bond motifs is 3. The molecule has 6 heterocycles. The molecule has 1 fully saturated rings. The number of nitrogens with zero attached hydrogens (tertiary/aromatic N) is 7. The Morgan fingerprint density at radius 1 is 1.16 bits per heavy atom. The van der Waals surface area contributed by atoms with E-state index in [2.05, 4.69) is 25.0 Å². The van der Waals surface area contributed by atoms with Crippen LogP contribution in [0.15, 0.2) is 35.1 Å². The van der Waals surface area contributed by atoms with Crippen molar-refractivity contribution < 1.29 is 18.8 Å². The second kappa shape index (κ2) is 8.70. The zero-order valence-electron chi connectivity index (χ0n) is 21.1. The van der Waals surface area contributed by atoms with Gasteiger partial charge in [0, 0.05) is 32.0 Å². The summed E-state index contributed by atoms with van der Waals surface area (Å²) in [6.45, 7) is 6.50. The molecule has 1 aliphatic rings. The van der Waals surface area contributed by atoms with E-state index in [9.17, 15) is 9.50 Å². The van der Waals surface area contributed by atoms with Gasteiger partial charge < -0.3 is 18.9 Å². The maximum absolute atomic E-state index is 13.9. The predicted molar refractivity (Wildman–Crippen MR) is 133 cm³/mol. The predicted octanol–water partition coefficient (Wildman–Crippen LogP) is 4.06. The minimum absolute atomic E-state index is 0.138. The highest BCUT2D eigenvalue weighted by atomic mass is 19.1. The van der Waals surface area contributed by atoms with Crippen molar-refractivity contribution in [3.05, 3.63) is 53.5 Å². The summed E-state index contributed by atoms with van der Waals surface area (Å²) in [6, 6.07) is 4.88. The molecule has 1 atom stereocenters. The van der Waals surface area contributed by atoms with E-state index in [-0.39, 0.29) is 12.0 Å². The molecule has 192 valence electrons. The highest BCUT2D eigenvalue weighted by Gasteiger charge is 2.36. The molecule has 37 heavy (non-hydrogen) atoms. The van der Waals surface area contributed by atoms with E-state index in [0.717, 1.165) is 35.3 Å². The van der Waals surface area contributed by atoms with Gasteiger partial charge in [0.1, 0.15) is 28.1 Å². The number of aliphatic hydroxyl groups is 1. The van der Waals surface area contributed by atoms with Crippen LogP contribution < -0.4 is 0 Å². The van der Waals surface area contributed by atoms with Crippen LogP contribution in [0.4, 0.5) is 4.39 Å². The second-order valence-corrected chi connectivity index (χ2v) is 10.2. The molecule has 0 amide bonds. The second-order valence-electron chi connectivity index (χ2n) is 10.2. The summed E-state index contributed by atoms with van der Waals surface area (Å²) >= 11 is 0. The molecule has 5 aromatic heterocycles. The Morgan fingerprint density at radius 2 is 1.95 bits per heavy atom. The van der Waals surface area contributed by atoms with Crippen molar-refractivity contribution in [2.24, 2.45) is 13.0 Å². The van der Waals surface area contributed by atoms with Crippen molar-refractivity contribution >= 4 is 22.1 Å². The Hall–Kier alpha value is -3.70. The van der Waals surface area contributed by atoms with E-state index in [1.165, 1.54) is 12.3 Å². The van der Waals surface area contributed by atoms with Gasteiger partial charge in [-0.15, -0.1) is 5.10 Å². The van der Waals surface area contributed by atoms with E-state index in [1.807, 2.05) is 20.0 Å². The average Bonchev–Trinajstić information content (AvgIpc) is 3.54. The van der Waals surface area contributed by atoms with Gasteiger partial charge >= 0.3 is 0 Å². The van der Waals surface area contributed by atoms with E-state index in [0.29, 0.717) is 41.2 Å². The van der Waals surface area contributed by atoms with Gasteiger partial charge in [0.05, 0.1) is 34.8 Å². The summed E-state index contributed by atoms with van der Waals surface area (Å²) in [5, 5.41) is 23.6. The standard InChI is InChI=1S/C26H28FN7O3/c1-14-21(33(4)32-30-14)16-11-19-20(29-12-16)24-23(25(31-37-24)26(2,3)35)34(19)22(15-7-9-36-10-8-15)18-6-5-17(27)13-28-18/h5-6,11-13,15,22,35H,7-10H2,1-4H3. The number of halogens is 1. The molecule has 6 rings (SSSR count). The summed E-state index contributed by atoms with van der Waals surface area (Å²) in [6.07, 6.45) is 4.60. The van der Waals surface area contributed by atoms with Crippen molar-refractivity contribution in [3.63, 3.8) is 0 Å². The molecule has 0 spiro atoms. The minimum atomic E-state index is -1.28. The highest BCUT2D eigenvalue weighted by molar-refractivity contribution is 6.04. The van der Waals surface area contributed by atoms with Gasteiger partial charge in [0.15, 0.2) is 0 Å². The van der Waals surface area contributed by atoms with E-state index in [1.54, 1.807) is 30.8 Å². The third-order valence-corrected chi connectivity index (χ3v) is 7.14. The van der Waals surface area contributed by atoms with Crippen LogP contribution in [0.3, 0.4) is 0 Å². The topological polar surface area (TPSA) is 117 Å². The summed E-state index contributed by atoms with van der Waals surface area (Å²) in [4.78, 5) is 9.29. The molecule has 11 heteroatoms. The third-order valence-electron chi connectivity index (χ3n) is 7.14. The van der Waals surface area contributed by atoms with Gasteiger partial charge in [-0.25, -0.2) is 14.1 Å². The van der Waals surface area contributed by atoms with Crippen LogP contribution >= 0.6 is 0 Å². The molecule has 0 radical (unpaired) electrons. The first-order chi connectivity index (χ1) is 17.7. The lowest BCUT2D eigenvalue weighted by Gasteiger charge is -2.32. The van der Waals surface area contributed by atoms with Crippen LogP contribution in [0.25, 0.3) is 33.4 Å². The van der Waals surface area contributed by atoms with E-state index in [4.69, 9.17) is 14.2 Å². The summed E-state index contributed by atoms with van der Waals surface area (Å²) in [7, 11) is 1.84. The molecule has 1 saturated heterocycles. The molecule has 1 N–H and O–H groups in total. The lowest BCUT2D eigenvalue weighted by molar-refractivity contribution is 0.0542. The van der Waals surface area contributed by atoms with Gasteiger partial charge in [0.25, 0.3) is 0 Å². The normalized spacial score (nSPS) is 16.2. The number of hydrogen-bond donors (Lipinski definition) is 1. The van der Waals surface area contributed by atoms with Gasteiger partial charge in [-0.3, -0.25) is 4.98 Å². The lowest BCUT2D eigenvalue weighted by atomic mass is 9.88. The third kappa shape index (κ3) is 3.89. The first kappa shape index (κ1) is 23.7. The van der Waals surface area contributed by atoms with Crippen LogP contribution in [0.5, 0.6) is 0 Å². The number of hydrogen-bond acceptors (Lipinski definition) is 8. The average molecular weight is 506 g/mol. The van der Waals surface area contributed by atoms with Crippen LogP contribution in [0, 0.1) is 18.7 Å².